The molecule has 1 aliphatic rings. The summed E-state index contributed by atoms with van der Waals surface area (Å²) >= 11 is 1.77. The van der Waals surface area contributed by atoms with Crippen LogP contribution in [0.25, 0.3) is 0 Å². The molecule has 1 aromatic heterocycles. The summed E-state index contributed by atoms with van der Waals surface area (Å²) in [6, 6.07) is 14.6. The van der Waals surface area contributed by atoms with Gasteiger partial charge in [-0.05, 0) is 42.9 Å². The Bertz CT molecular complexity index is 623. The lowest BCUT2D eigenvalue weighted by Gasteiger charge is -2.28. The van der Waals surface area contributed by atoms with Crippen LogP contribution in [-0.4, -0.2) is 42.5 Å². The van der Waals surface area contributed by atoms with Gasteiger partial charge in [0.2, 0.25) is 0 Å². The molecule has 5 heteroatoms. The average Bonchev–Trinajstić information content (AvgIpc) is 3.30. The topological polar surface area (TPSA) is 35.6 Å². The minimum absolute atomic E-state index is 0.0143. The van der Waals surface area contributed by atoms with Crippen molar-refractivity contribution < 1.29 is 4.79 Å². The van der Waals surface area contributed by atoms with E-state index in [9.17, 15) is 4.79 Å². The van der Waals surface area contributed by atoms with Crippen LogP contribution in [0.3, 0.4) is 0 Å². The summed E-state index contributed by atoms with van der Waals surface area (Å²) in [6.07, 6.45) is 2.51. The third kappa shape index (κ3) is 4.36. The summed E-state index contributed by atoms with van der Waals surface area (Å²) in [6.45, 7) is 3.54. The largest absolute Gasteiger partial charge is 0.336 e. The van der Waals surface area contributed by atoms with E-state index in [4.69, 9.17) is 0 Å². The molecule has 2 aromatic rings. The molecule has 1 aliphatic heterocycles. The van der Waals surface area contributed by atoms with Crippen molar-refractivity contribution in [3.05, 3.63) is 58.3 Å². The molecule has 1 atom stereocenters. The molecule has 128 valence electrons. The summed E-state index contributed by atoms with van der Waals surface area (Å²) < 4.78 is 0. The molecule has 1 N–H and O–H groups in total. The molecule has 0 aliphatic carbocycles. The maximum atomic E-state index is 12.4. The van der Waals surface area contributed by atoms with E-state index >= 15 is 0 Å². The van der Waals surface area contributed by atoms with Crippen molar-refractivity contribution in [3.63, 3.8) is 0 Å². The third-order valence-electron chi connectivity index (χ3n) is 4.51. The van der Waals surface area contributed by atoms with Gasteiger partial charge in [-0.15, -0.1) is 11.3 Å². The van der Waals surface area contributed by atoms with Crippen LogP contribution in [-0.2, 0) is 6.54 Å². The number of nitrogens with zero attached hydrogens (tertiary/aromatic N) is 2. The first-order chi connectivity index (χ1) is 11.7. The minimum atomic E-state index is -0.0143. The molecule has 24 heavy (non-hydrogen) atoms. The summed E-state index contributed by atoms with van der Waals surface area (Å²) in [5.41, 5.74) is 1.14. The number of likely N-dealkylation sites (tertiary alicyclic amines) is 1. The molecule has 1 aromatic carbocycles. The predicted octanol–water partition coefficient (Wildman–Crippen LogP) is 3.73. The van der Waals surface area contributed by atoms with E-state index in [1.807, 2.05) is 37.4 Å². The zero-order valence-electron chi connectivity index (χ0n) is 14.1. The lowest BCUT2D eigenvalue weighted by Crippen LogP contribution is -2.42. The van der Waals surface area contributed by atoms with Crippen molar-refractivity contribution in [1.82, 2.24) is 15.1 Å². The highest BCUT2D eigenvalue weighted by Gasteiger charge is 2.25. The van der Waals surface area contributed by atoms with Gasteiger partial charge in [0.25, 0.3) is 0 Å². The second-order valence-electron chi connectivity index (χ2n) is 6.30. The fourth-order valence-electron chi connectivity index (χ4n) is 3.19. The molecular weight excluding hydrogens is 318 g/mol. The SMILES string of the molecule is CN(Cc1ccccc1)C(=O)NCC(c1cccs1)N1CCCC1. The van der Waals surface area contributed by atoms with Gasteiger partial charge in [0.05, 0.1) is 6.04 Å². The van der Waals surface area contributed by atoms with Crippen molar-refractivity contribution in [3.8, 4) is 0 Å². The van der Waals surface area contributed by atoms with Crippen LogP contribution < -0.4 is 5.32 Å². The zero-order valence-corrected chi connectivity index (χ0v) is 15.0. The fourth-order valence-corrected chi connectivity index (χ4v) is 4.05. The van der Waals surface area contributed by atoms with Gasteiger partial charge < -0.3 is 10.2 Å². The first kappa shape index (κ1) is 17.0. The standard InChI is InChI=1S/C19H25N3OS/c1-21(15-16-8-3-2-4-9-16)19(23)20-14-17(18-10-7-13-24-18)22-11-5-6-12-22/h2-4,7-10,13,17H,5-6,11-12,14-15H2,1H3,(H,20,23). The monoisotopic (exact) mass is 343 g/mol. The lowest BCUT2D eigenvalue weighted by molar-refractivity contribution is 0.196. The molecule has 0 saturated carbocycles. The molecule has 0 radical (unpaired) electrons. The van der Waals surface area contributed by atoms with Crippen LogP contribution in [0.2, 0.25) is 0 Å². The van der Waals surface area contributed by atoms with Crippen LogP contribution in [0, 0.1) is 0 Å². The normalized spacial score (nSPS) is 16.0. The van der Waals surface area contributed by atoms with Gasteiger partial charge >= 0.3 is 6.03 Å². The maximum absolute atomic E-state index is 12.4. The van der Waals surface area contributed by atoms with Crippen molar-refractivity contribution in [2.24, 2.45) is 0 Å². The Morgan fingerprint density at radius 1 is 1.21 bits per heavy atom. The Morgan fingerprint density at radius 3 is 2.62 bits per heavy atom. The van der Waals surface area contributed by atoms with Crippen LogP contribution in [0.15, 0.2) is 47.8 Å². The molecule has 0 spiro atoms. The number of amides is 2. The van der Waals surface area contributed by atoms with E-state index in [0.717, 1.165) is 18.7 Å². The number of rotatable bonds is 6. The Balaban J connectivity index is 1.56. The van der Waals surface area contributed by atoms with Crippen molar-refractivity contribution in [2.45, 2.75) is 25.4 Å². The number of hydrogen-bond donors (Lipinski definition) is 1. The Kier molecular flexibility index (Phi) is 5.88. The van der Waals surface area contributed by atoms with Crippen molar-refractivity contribution >= 4 is 17.4 Å². The lowest BCUT2D eigenvalue weighted by atomic mass is 10.2. The van der Waals surface area contributed by atoms with Crippen LogP contribution in [0.1, 0.15) is 29.3 Å². The maximum Gasteiger partial charge on any atom is 0.317 e. The minimum Gasteiger partial charge on any atom is -0.336 e. The highest BCUT2D eigenvalue weighted by Crippen LogP contribution is 2.27. The van der Waals surface area contributed by atoms with Crippen molar-refractivity contribution in [2.75, 3.05) is 26.7 Å². The van der Waals surface area contributed by atoms with Gasteiger partial charge in [-0.25, -0.2) is 4.79 Å². The molecule has 1 saturated heterocycles. The molecule has 1 fully saturated rings. The van der Waals surface area contributed by atoms with E-state index in [1.54, 1.807) is 16.2 Å². The predicted molar refractivity (Wildman–Crippen MR) is 99.2 cm³/mol. The van der Waals surface area contributed by atoms with Gasteiger partial charge in [-0.3, -0.25) is 4.90 Å². The number of benzene rings is 1. The van der Waals surface area contributed by atoms with E-state index in [1.165, 1.54) is 17.7 Å². The van der Waals surface area contributed by atoms with Gasteiger partial charge in [0.15, 0.2) is 0 Å². The van der Waals surface area contributed by atoms with Crippen LogP contribution in [0.4, 0.5) is 4.79 Å². The highest BCUT2D eigenvalue weighted by molar-refractivity contribution is 7.10. The molecule has 3 rings (SSSR count). The Hall–Kier alpha value is -1.85. The molecule has 4 nitrogen and oxygen atoms in total. The zero-order chi connectivity index (χ0) is 16.8. The molecular formula is C19H25N3OS. The second-order valence-corrected chi connectivity index (χ2v) is 7.28. The smallest absolute Gasteiger partial charge is 0.317 e. The summed E-state index contributed by atoms with van der Waals surface area (Å²) in [5, 5.41) is 5.23. The number of carbonyl (C=O) groups excluding carboxylic acids is 1. The van der Waals surface area contributed by atoms with E-state index in [2.05, 4.69) is 27.7 Å². The first-order valence-electron chi connectivity index (χ1n) is 8.54. The summed E-state index contributed by atoms with van der Waals surface area (Å²) in [7, 11) is 1.85. The summed E-state index contributed by atoms with van der Waals surface area (Å²) in [5.74, 6) is 0. The number of hydrogen-bond acceptors (Lipinski definition) is 3. The quantitative estimate of drug-likeness (QED) is 0.867. The van der Waals surface area contributed by atoms with Gasteiger partial charge in [0, 0.05) is 25.0 Å². The molecule has 1 unspecified atom stereocenters. The first-order valence-corrected chi connectivity index (χ1v) is 9.42. The van der Waals surface area contributed by atoms with Crippen molar-refractivity contribution in [1.29, 1.82) is 0 Å². The summed E-state index contributed by atoms with van der Waals surface area (Å²) in [4.78, 5) is 18.0. The number of urea groups is 1. The molecule has 0 bridgehead atoms. The number of carbonyl (C=O) groups is 1. The number of nitrogens with one attached hydrogen (secondary N) is 1. The van der Waals surface area contributed by atoms with Crippen LogP contribution >= 0.6 is 11.3 Å². The second kappa shape index (κ2) is 8.31. The van der Waals surface area contributed by atoms with E-state index in [0.29, 0.717) is 19.1 Å². The highest BCUT2D eigenvalue weighted by atomic mass is 32.1. The van der Waals surface area contributed by atoms with Gasteiger partial charge in [-0.1, -0.05) is 36.4 Å². The van der Waals surface area contributed by atoms with E-state index in [-0.39, 0.29) is 6.03 Å². The van der Waals surface area contributed by atoms with Crippen LogP contribution in [0.5, 0.6) is 0 Å². The Labute approximate surface area is 148 Å². The number of thiophene rings is 1. The molecule has 2 amide bonds. The fraction of sp³-hybridized carbons (Fsp3) is 0.421. The van der Waals surface area contributed by atoms with E-state index < -0.39 is 0 Å². The third-order valence-corrected chi connectivity index (χ3v) is 5.48. The average molecular weight is 343 g/mol. The Morgan fingerprint density at radius 2 is 1.96 bits per heavy atom. The molecule has 2 heterocycles. The van der Waals surface area contributed by atoms with Gasteiger partial charge in [-0.2, -0.15) is 0 Å². The van der Waals surface area contributed by atoms with Gasteiger partial charge in [0.1, 0.15) is 0 Å².